The van der Waals surface area contributed by atoms with E-state index in [9.17, 15) is 4.79 Å². The molecule has 0 bridgehead atoms. The van der Waals surface area contributed by atoms with Crippen LogP contribution in [-0.4, -0.2) is 22.3 Å². The van der Waals surface area contributed by atoms with Crippen molar-refractivity contribution in [1.29, 1.82) is 0 Å². The second kappa shape index (κ2) is 7.78. The van der Waals surface area contributed by atoms with Crippen molar-refractivity contribution in [2.75, 3.05) is 6.54 Å². The Labute approximate surface area is 168 Å². The molecule has 2 aromatic rings. The number of carbonyl (C=O) groups is 1. The number of hydrogen-bond acceptors (Lipinski definition) is 2. The molecule has 6 heteroatoms. The molecule has 3 rings (SSSR count). The van der Waals surface area contributed by atoms with Gasteiger partial charge >= 0.3 is 0 Å². The lowest BCUT2D eigenvalue weighted by Crippen LogP contribution is -2.47. The van der Waals surface area contributed by atoms with Gasteiger partial charge in [0.2, 0.25) is 0 Å². The van der Waals surface area contributed by atoms with E-state index < -0.39 is 0 Å². The maximum absolute atomic E-state index is 12.6. The molecule has 1 heterocycles. The van der Waals surface area contributed by atoms with Crippen LogP contribution in [0.1, 0.15) is 31.0 Å². The van der Waals surface area contributed by atoms with Crippen LogP contribution in [0, 0.1) is 0 Å². The van der Waals surface area contributed by atoms with Crippen molar-refractivity contribution < 1.29 is 4.79 Å². The van der Waals surface area contributed by atoms with Gasteiger partial charge in [0.1, 0.15) is 0 Å². The van der Waals surface area contributed by atoms with Gasteiger partial charge in [-0.3, -0.25) is 4.79 Å². The summed E-state index contributed by atoms with van der Waals surface area (Å²) in [6.07, 6.45) is 0. The molecule has 1 aliphatic rings. The summed E-state index contributed by atoms with van der Waals surface area (Å²) >= 11 is 17.6. The van der Waals surface area contributed by atoms with Crippen LogP contribution >= 0.6 is 35.4 Å². The summed E-state index contributed by atoms with van der Waals surface area (Å²) in [5.74, 6) is -0.0108. The average Bonchev–Trinajstić information content (AvgIpc) is 2.62. The van der Waals surface area contributed by atoms with Crippen molar-refractivity contribution in [2.24, 2.45) is 0 Å². The first kappa shape index (κ1) is 18.9. The largest absolute Gasteiger partial charge is 0.351 e. The number of rotatable bonds is 4. The van der Waals surface area contributed by atoms with Crippen LogP contribution in [0.25, 0.3) is 5.70 Å². The van der Waals surface area contributed by atoms with Crippen molar-refractivity contribution in [3.63, 3.8) is 0 Å². The second-order valence-corrected chi connectivity index (χ2v) is 7.26. The van der Waals surface area contributed by atoms with Crippen molar-refractivity contribution in [1.82, 2.24) is 10.2 Å². The summed E-state index contributed by atoms with van der Waals surface area (Å²) in [5.41, 5.74) is 3.33. The van der Waals surface area contributed by atoms with Gasteiger partial charge in [0.05, 0.1) is 11.7 Å². The maximum Gasteiger partial charge on any atom is 0.174 e. The second-order valence-electron chi connectivity index (χ2n) is 6.00. The third kappa shape index (κ3) is 3.63. The van der Waals surface area contributed by atoms with Crippen LogP contribution in [0.3, 0.4) is 0 Å². The van der Waals surface area contributed by atoms with Crippen molar-refractivity contribution in [3.8, 4) is 0 Å². The van der Waals surface area contributed by atoms with Crippen LogP contribution < -0.4 is 5.32 Å². The Bertz CT molecular complexity index is 876. The molecule has 0 aromatic heterocycles. The topological polar surface area (TPSA) is 32.3 Å². The van der Waals surface area contributed by atoms with Crippen molar-refractivity contribution in [3.05, 3.63) is 75.3 Å². The smallest absolute Gasteiger partial charge is 0.174 e. The highest BCUT2D eigenvalue weighted by atomic mass is 35.5. The summed E-state index contributed by atoms with van der Waals surface area (Å²) in [6.45, 7) is 4.23. The van der Waals surface area contributed by atoms with Crippen LogP contribution in [0.2, 0.25) is 10.0 Å². The SMILES string of the molecule is CCN1C(=S)N[C@H](c2ccc(Cl)cc2)C(C(C)=O)=C1c1ccc(Cl)cc1. The summed E-state index contributed by atoms with van der Waals surface area (Å²) in [4.78, 5) is 14.6. The number of Topliss-reactive ketones (excluding diaryl/α,β-unsaturated/α-hetero) is 1. The number of hydrogen-bond donors (Lipinski definition) is 1. The number of ketones is 1. The van der Waals surface area contributed by atoms with Gasteiger partial charge in [0.25, 0.3) is 0 Å². The lowest BCUT2D eigenvalue weighted by Gasteiger charge is -2.38. The molecule has 3 nitrogen and oxygen atoms in total. The van der Waals surface area contributed by atoms with E-state index in [4.69, 9.17) is 35.4 Å². The number of nitrogens with zero attached hydrogens (tertiary/aromatic N) is 1. The van der Waals surface area contributed by atoms with E-state index in [2.05, 4.69) is 5.32 Å². The number of nitrogens with one attached hydrogen (secondary N) is 1. The lowest BCUT2D eigenvalue weighted by molar-refractivity contribution is -0.113. The highest BCUT2D eigenvalue weighted by Gasteiger charge is 2.34. The maximum atomic E-state index is 12.6. The zero-order chi connectivity index (χ0) is 18.8. The molecule has 134 valence electrons. The minimum absolute atomic E-state index is 0.0108. The highest BCUT2D eigenvalue weighted by Crippen LogP contribution is 2.36. The molecule has 0 fully saturated rings. The van der Waals surface area contributed by atoms with E-state index >= 15 is 0 Å². The number of benzene rings is 2. The van der Waals surface area contributed by atoms with Crippen LogP contribution in [0.4, 0.5) is 0 Å². The third-order valence-electron chi connectivity index (χ3n) is 4.34. The predicted octanol–water partition coefficient (Wildman–Crippen LogP) is 5.24. The highest BCUT2D eigenvalue weighted by molar-refractivity contribution is 7.80. The fraction of sp³-hybridized carbons (Fsp3) is 0.200. The Balaban J connectivity index is 2.24. The molecule has 1 atom stereocenters. The van der Waals surface area contributed by atoms with E-state index in [1.807, 2.05) is 60.4 Å². The molecule has 0 unspecified atom stereocenters. The first-order valence-corrected chi connectivity index (χ1v) is 9.43. The molecule has 2 aromatic carbocycles. The van der Waals surface area contributed by atoms with Crippen molar-refractivity contribution in [2.45, 2.75) is 19.9 Å². The Hall–Kier alpha value is -1.88. The lowest BCUT2D eigenvalue weighted by atomic mass is 9.90. The van der Waals surface area contributed by atoms with Gasteiger partial charge in [0.15, 0.2) is 10.9 Å². The van der Waals surface area contributed by atoms with E-state index in [1.165, 1.54) is 0 Å². The van der Waals surface area contributed by atoms with Gasteiger partial charge in [-0.15, -0.1) is 0 Å². The minimum Gasteiger partial charge on any atom is -0.351 e. The zero-order valence-electron chi connectivity index (χ0n) is 14.4. The monoisotopic (exact) mass is 404 g/mol. The average molecular weight is 405 g/mol. The van der Waals surface area contributed by atoms with Gasteiger partial charge in [-0.2, -0.15) is 0 Å². The normalized spacial score (nSPS) is 17.3. The summed E-state index contributed by atoms with van der Waals surface area (Å²) in [5, 5.41) is 5.18. The molecule has 0 radical (unpaired) electrons. The van der Waals surface area contributed by atoms with Crippen LogP contribution in [-0.2, 0) is 4.79 Å². The summed E-state index contributed by atoms with van der Waals surface area (Å²) in [6, 6.07) is 14.6. The molecule has 0 aliphatic carbocycles. The van der Waals surface area contributed by atoms with Crippen LogP contribution in [0.15, 0.2) is 54.1 Å². The molecule has 0 amide bonds. The molecule has 1 N–H and O–H groups in total. The van der Waals surface area contributed by atoms with E-state index in [1.54, 1.807) is 6.92 Å². The fourth-order valence-electron chi connectivity index (χ4n) is 3.15. The Morgan fingerprint density at radius 2 is 1.62 bits per heavy atom. The summed E-state index contributed by atoms with van der Waals surface area (Å²) < 4.78 is 0. The standard InChI is InChI=1S/C20H18Cl2N2OS/c1-3-24-19(14-6-10-16(22)11-7-14)17(12(2)25)18(23-20(24)26)13-4-8-15(21)9-5-13/h4-11,18H,3H2,1-2H3,(H,23,26)/t18-/m1/s1. The Kier molecular flexibility index (Phi) is 5.66. The Morgan fingerprint density at radius 1 is 1.08 bits per heavy atom. The van der Waals surface area contributed by atoms with E-state index in [0.29, 0.717) is 27.3 Å². The van der Waals surface area contributed by atoms with Gasteiger partial charge in [-0.25, -0.2) is 0 Å². The number of thiocarbonyl (C=S) groups is 1. The third-order valence-corrected chi connectivity index (χ3v) is 5.19. The number of carbonyl (C=O) groups excluding carboxylic acids is 1. The van der Waals surface area contributed by atoms with Gasteiger partial charge in [-0.1, -0.05) is 47.5 Å². The molecule has 26 heavy (non-hydrogen) atoms. The molecule has 0 spiro atoms. The zero-order valence-corrected chi connectivity index (χ0v) is 16.8. The van der Waals surface area contributed by atoms with Gasteiger partial charge in [-0.05, 0) is 61.5 Å². The molecule has 0 saturated heterocycles. The van der Waals surface area contributed by atoms with Gasteiger partial charge < -0.3 is 10.2 Å². The molecular formula is C20H18Cl2N2OS. The van der Waals surface area contributed by atoms with Gasteiger partial charge in [0, 0.05) is 22.2 Å². The number of halogens is 2. The predicted molar refractivity (Wildman–Crippen MR) is 111 cm³/mol. The molecular weight excluding hydrogens is 387 g/mol. The van der Waals surface area contributed by atoms with Crippen LogP contribution in [0.5, 0.6) is 0 Å². The first-order chi connectivity index (χ1) is 12.4. The summed E-state index contributed by atoms with van der Waals surface area (Å²) in [7, 11) is 0. The fourth-order valence-corrected chi connectivity index (χ4v) is 3.74. The minimum atomic E-state index is -0.328. The van der Waals surface area contributed by atoms with Crippen molar-refractivity contribution >= 4 is 52.0 Å². The van der Waals surface area contributed by atoms with E-state index in [0.717, 1.165) is 16.8 Å². The van der Waals surface area contributed by atoms with E-state index in [-0.39, 0.29) is 11.8 Å². The first-order valence-electron chi connectivity index (χ1n) is 8.27. The molecule has 0 saturated carbocycles. The molecule has 1 aliphatic heterocycles. The quantitative estimate of drug-likeness (QED) is 0.705. The Morgan fingerprint density at radius 3 is 2.12 bits per heavy atom.